The van der Waals surface area contributed by atoms with Crippen molar-refractivity contribution >= 4 is 28.9 Å². The van der Waals surface area contributed by atoms with Crippen LogP contribution in [0.5, 0.6) is 0 Å². The molecule has 4 aliphatic carbocycles. The van der Waals surface area contributed by atoms with E-state index in [1.54, 1.807) is 20.8 Å². The van der Waals surface area contributed by atoms with Crippen LogP contribution in [0.2, 0.25) is 0 Å². The van der Waals surface area contributed by atoms with Crippen molar-refractivity contribution in [3.05, 3.63) is 23.8 Å². The maximum atomic E-state index is 17.3. The molecule has 3 fully saturated rings. The molecule has 3 saturated carbocycles. The molecule has 0 bridgehead atoms. The minimum Gasteiger partial charge on any atom is -0.449 e. The molecule has 0 aromatic carbocycles. The van der Waals surface area contributed by atoms with Gasteiger partial charge < -0.3 is 14.0 Å². The zero-order valence-electron chi connectivity index (χ0n) is 20.1. The molecule has 9 heteroatoms. The van der Waals surface area contributed by atoms with Gasteiger partial charge in [0.05, 0.1) is 25.3 Å². The Hall–Kier alpha value is -1.58. The lowest BCUT2D eigenvalue weighted by molar-refractivity contribution is -0.228. The van der Waals surface area contributed by atoms with Gasteiger partial charge in [0.2, 0.25) is 0 Å². The Bertz CT molecular complexity index is 982. The molecule has 34 heavy (non-hydrogen) atoms. The number of aliphatic hydroxyl groups is 1. The monoisotopic (exact) mass is 498 g/mol. The Morgan fingerprint density at radius 1 is 1.26 bits per heavy atom. The molecule has 0 spiro atoms. The number of allylic oxidation sites excluding steroid dienone is 4. The fourth-order valence-corrected chi connectivity index (χ4v) is 8.36. The van der Waals surface area contributed by atoms with Gasteiger partial charge in [-0.1, -0.05) is 26.8 Å². The van der Waals surface area contributed by atoms with Crippen LogP contribution in [0.4, 0.5) is 8.78 Å². The fourth-order valence-electron chi connectivity index (χ4n) is 7.61. The predicted octanol–water partition coefficient (Wildman–Crippen LogP) is 4.06. The molecule has 0 heterocycles. The molecule has 2 unspecified atom stereocenters. The number of alkyl halides is 2. The highest BCUT2D eigenvalue weighted by atomic mass is 32.2. The van der Waals surface area contributed by atoms with Gasteiger partial charge in [-0.25, -0.2) is 8.78 Å². The molecule has 4 rings (SSSR count). The van der Waals surface area contributed by atoms with Crippen LogP contribution in [0, 0.1) is 28.6 Å². The smallest absolute Gasteiger partial charge is 0.306 e. The molecule has 9 atom stereocenters. The summed E-state index contributed by atoms with van der Waals surface area (Å²) >= 11 is 0.562. The number of halogens is 2. The van der Waals surface area contributed by atoms with E-state index in [1.165, 1.54) is 26.2 Å². The number of hydrogen-bond donors (Lipinski definition) is 1. The van der Waals surface area contributed by atoms with Gasteiger partial charge in [0, 0.05) is 29.1 Å². The normalized spacial score (nSPS) is 47.4. The van der Waals surface area contributed by atoms with Crippen LogP contribution in [-0.4, -0.2) is 52.6 Å². The van der Waals surface area contributed by atoms with Gasteiger partial charge in [0.1, 0.15) is 6.17 Å². The van der Waals surface area contributed by atoms with Crippen LogP contribution in [0.25, 0.3) is 0 Å². The number of hydrogen-bond acceptors (Lipinski definition) is 7. The van der Waals surface area contributed by atoms with E-state index in [1.807, 2.05) is 0 Å². The molecule has 0 aromatic heterocycles. The lowest BCUT2D eigenvalue weighted by Crippen LogP contribution is -2.70. The highest BCUT2D eigenvalue weighted by Gasteiger charge is 2.78. The minimum atomic E-state index is -2.26. The van der Waals surface area contributed by atoms with E-state index in [-0.39, 0.29) is 24.8 Å². The first-order valence-electron chi connectivity index (χ1n) is 11.8. The summed E-state index contributed by atoms with van der Waals surface area (Å²) in [5, 5.41) is 10.9. The maximum Gasteiger partial charge on any atom is 0.306 e. The van der Waals surface area contributed by atoms with Gasteiger partial charge in [-0.15, -0.1) is 0 Å². The van der Waals surface area contributed by atoms with Gasteiger partial charge in [-0.3, -0.25) is 14.4 Å². The third kappa shape index (κ3) is 3.02. The van der Waals surface area contributed by atoms with Crippen LogP contribution in [0.3, 0.4) is 0 Å². The van der Waals surface area contributed by atoms with E-state index in [0.29, 0.717) is 18.5 Å². The Morgan fingerprint density at radius 2 is 1.94 bits per heavy atom. The predicted molar refractivity (Wildman–Crippen MR) is 122 cm³/mol. The molecule has 0 saturated heterocycles. The molecule has 4 aliphatic rings. The number of aliphatic hydroxyl groups excluding tert-OH is 1. The molecular formula is C25H32F2O6S. The third-order valence-corrected chi connectivity index (χ3v) is 9.82. The molecule has 0 amide bonds. The summed E-state index contributed by atoms with van der Waals surface area (Å²) in [5.74, 6) is -3.00. The molecule has 0 radical (unpaired) electrons. The lowest BCUT2D eigenvalue weighted by atomic mass is 9.44. The molecule has 6 nitrogen and oxygen atoms in total. The number of esters is 1. The van der Waals surface area contributed by atoms with Gasteiger partial charge in [0.15, 0.2) is 17.1 Å². The van der Waals surface area contributed by atoms with Gasteiger partial charge in [0.25, 0.3) is 5.12 Å². The second-order valence-electron chi connectivity index (χ2n) is 10.6. The zero-order chi connectivity index (χ0) is 25.3. The Labute approximate surface area is 202 Å². The van der Waals surface area contributed by atoms with Crippen LogP contribution < -0.4 is 0 Å². The summed E-state index contributed by atoms with van der Waals surface area (Å²) in [6.07, 6.45) is 0.557. The quantitative estimate of drug-likeness (QED) is 0.462. The zero-order valence-corrected chi connectivity index (χ0v) is 20.9. The van der Waals surface area contributed by atoms with Gasteiger partial charge in [-0.05, 0) is 49.8 Å². The molecular weight excluding hydrogens is 466 g/mol. The molecule has 0 aromatic rings. The molecule has 1 N–H and O–H groups in total. The maximum absolute atomic E-state index is 17.3. The van der Waals surface area contributed by atoms with Crippen LogP contribution >= 0.6 is 12.0 Å². The largest absolute Gasteiger partial charge is 0.449 e. The van der Waals surface area contributed by atoms with Crippen molar-refractivity contribution in [1.82, 2.24) is 0 Å². The third-order valence-electron chi connectivity index (χ3n) is 9.19. The number of rotatable bonds is 4. The van der Waals surface area contributed by atoms with Gasteiger partial charge in [-0.2, -0.15) is 0 Å². The summed E-state index contributed by atoms with van der Waals surface area (Å²) in [7, 11) is 1.33. The summed E-state index contributed by atoms with van der Waals surface area (Å²) in [5.41, 5.74) is -6.53. The van der Waals surface area contributed by atoms with Crippen molar-refractivity contribution in [2.45, 2.75) is 76.9 Å². The van der Waals surface area contributed by atoms with E-state index >= 15 is 8.78 Å². The number of ketones is 1. The number of fused-ring (bicyclic) bond motifs is 5. The van der Waals surface area contributed by atoms with Crippen LogP contribution in [0.15, 0.2) is 23.8 Å². The average Bonchev–Trinajstić information content (AvgIpc) is 2.99. The highest BCUT2D eigenvalue weighted by molar-refractivity contribution is 8.09. The summed E-state index contributed by atoms with van der Waals surface area (Å²) in [4.78, 5) is 38.0. The van der Waals surface area contributed by atoms with Crippen LogP contribution in [-0.2, 0) is 23.3 Å². The molecule has 188 valence electrons. The van der Waals surface area contributed by atoms with E-state index in [2.05, 4.69) is 0 Å². The first-order valence-corrected chi connectivity index (χ1v) is 12.5. The SMILES string of the molecule is CCC(=O)O[C@]1(C(=O)SOC)[C@H](C)CC2C3C[C@H](F)C4=CC(=O)C=C[C@]4(C)[C@@]3(F)[C@@H](O)C[C@@]21C. The second kappa shape index (κ2) is 8.23. The molecule has 0 aliphatic heterocycles. The lowest BCUT2D eigenvalue weighted by Gasteiger charge is -2.63. The van der Waals surface area contributed by atoms with Crippen molar-refractivity contribution in [2.24, 2.45) is 28.6 Å². The Balaban J connectivity index is 1.87. The van der Waals surface area contributed by atoms with E-state index in [4.69, 9.17) is 8.92 Å². The van der Waals surface area contributed by atoms with Crippen molar-refractivity contribution < 1.29 is 37.2 Å². The minimum absolute atomic E-state index is 0.0385. The van der Waals surface area contributed by atoms with E-state index in [0.717, 1.165) is 6.08 Å². The Morgan fingerprint density at radius 3 is 2.56 bits per heavy atom. The topological polar surface area (TPSA) is 89.9 Å². The van der Waals surface area contributed by atoms with Crippen LogP contribution in [0.1, 0.15) is 53.4 Å². The highest BCUT2D eigenvalue weighted by Crippen LogP contribution is 2.72. The number of carbonyl (C=O) groups excluding carboxylic acids is 3. The summed E-state index contributed by atoms with van der Waals surface area (Å²) in [6, 6.07) is 0. The van der Waals surface area contributed by atoms with Crippen molar-refractivity contribution in [3.8, 4) is 0 Å². The van der Waals surface area contributed by atoms with E-state index in [9.17, 15) is 19.5 Å². The first kappa shape index (κ1) is 25.5. The van der Waals surface area contributed by atoms with Crippen molar-refractivity contribution in [1.29, 1.82) is 0 Å². The first-order chi connectivity index (χ1) is 15.8. The summed E-state index contributed by atoms with van der Waals surface area (Å²) < 4.78 is 43.7. The van der Waals surface area contributed by atoms with E-state index < -0.39 is 69.0 Å². The van der Waals surface area contributed by atoms with Gasteiger partial charge >= 0.3 is 5.97 Å². The average molecular weight is 499 g/mol. The van der Waals surface area contributed by atoms with Crippen molar-refractivity contribution in [2.75, 3.05) is 7.11 Å². The summed E-state index contributed by atoms with van der Waals surface area (Å²) in [6.45, 7) is 6.66. The standard InChI is InChI=1S/C25H32F2O6S/c1-6-20(30)33-25(21(31)34-32-5)13(2)9-15-16-11-18(26)17-10-14(28)7-8-22(17,3)24(16,27)19(29)12-23(15,25)4/h7-8,10,13,15-16,18-19,29H,6,9,11-12H2,1-5H3/t13-,15?,16?,18+,19+,22+,23+,24+,25+/m1/s1. The fraction of sp³-hybridized carbons (Fsp3) is 0.720. The van der Waals surface area contributed by atoms with Crippen molar-refractivity contribution in [3.63, 3.8) is 0 Å². The number of carbonyl (C=O) groups is 3. The Kier molecular flexibility index (Phi) is 6.18. The second-order valence-corrected chi connectivity index (χ2v) is 11.5. The number of ether oxygens (including phenoxy) is 1.